The number of nitrogens with zero attached hydrogens (tertiary/aromatic N) is 1. The van der Waals surface area contributed by atoms with E-state index in [0.717, 1.165) is 18.6 Å². The van der Waals surface area contributed by atoms with Crippen LogP contribution in [0, 0.1) is 11.6 Å². The van der Waals surface area contributed by atoms with Crippen LogP contribution >= 0.6 is 11.6 Å². The highest BCUT2D eigenvalue weighted by Gasteiger charge is 2.24. The van der Waals surface area contributed by atoms with E-state index in [0.29, 0.717) is 34.8 Å². The first-order chi connectivity index (χ1) is 12.4. The fraction of sp³-hybridized carbons (Fsp3) is 0.263. The van der Waals surface area contributed by atoms with Gasteiger partial charge in [-0.1, -0.05) is 17.7 Å². The number of nitrogens with one attached hydrogen (secondary N) is 1. The molecule has 1 N–H and O–H groups in total. The molecule has 1 heterocycles. The second-order valence-electron chi connectivity index (χ2n) is 6.18. The lowest BCUT2D eigenvalue weighted by Gasteiger charge is -2.19. The number of carbonyl (C=O) groups is 2. The maximum absolute atomic E-state index is 13.4. The summed E-state index contributed by atoms with van der Waals surface area (Å²) in [6, 6.07) is 7.66. The molecular weight excluding hydrogens is 362 g/mol. The molecule has 1 aliphatic heterocycles. The highest BCUT2D eigenvalue weighted by atomic mass is 35.5. The van der Waals surface area contributed by atoms with Gasteiger partial charge in [-0.05, 0) is 49.2 Å². The van der Waals surface area contributed by atoms with Crippen LogP contribution < -0.4 is 10.2 Å². The van der Waals surface area contributed by atoms with Gasteiger partial charge in [-0.2, -0.15) is 0 Å². The van der Waals surface area contributed by atoms with Crippen LogP contribution in [0.5, 0.6) is 0 Å². The molecule has 2 aromatic rings. The summed E-state index contributed by atoms with van der Waals surface area (Å²) in [6.07, 6.45) is 1.21. The van der Waals surface area contributed by atoms with Crippen molar-refractivity contribution >= 4 is 29.1 Å². The van der Waals surface area contributed by atoms with Gasteiger partial charge in [0.2, 0.25) is 5.91 Å². The first kappa shape index (κ1) is 18.3. The van der Waals surface area contributed by atoms with E-state index < -0.39 is 23.6 Å². The molecule has 4 nitrogen and oxygen atoms in total. The number of hydrogen-bond donors (Lipinski definition) is 1. The molecule has 1 saturated heterocycles. The SMILES string of the molecule is CC(NC(=O)c1ccc(Cl)c(N2CCCC2=O)c1)c1ccc(F)c(F)c1. The van der Waals surface area contributed by atoms with Gasteiger partial charge in [0.15, 0.2) is 11.6 Å². The Morgan fingerprint density at radius 2 is 1.96 bits per heavy atom. The zero-order chi connectivity index (χ0) is 18.8. The Kier molecular flexibility index (Phi) is 5.23. The summed E-state index contributed by atoms with van der Waals surface area (Å²) in [7, 11) is 0. The van der Waals surface area contributed by atoms with Crippen LogP contribution in [-0.2, 0) is 4.79 Å². The second-order valence-corrected chi connectivity index (χ2v) is 6.59. The lowest BCUT2D eigenvalue weighted by molar-refractivity contribution is -0.117. The van der Waals surface area contributed by atoms with E-state index in [1.807, 2.05) is 0 Å². The molecule has 26 heavy (non-hydrogen) atoms. The van der Waals surface area contributed by atoms with E-state index in [-0.39, 0.29) is 5.91 Å². The Hall–Kier alpha value is -2.47. The standard InChI is InChI=1S/C19H17ClF2N2O2/c1-11(12-5-7-15(21)16(22)9-12)23-19(26)13-4-6-14(20)17(10-13)24-8-2-3-18(24)25/h4-7,9-11H,2-3,8H2,1H3,(H,23,26). The smallest absolute Gasteiger partial charge is 0.251 e. The predicted molar refractivity (Wildman–Crippen MR) is 95.3 cm³/mol. The summed E-state index contributed by atoms with van der Waals surface area (Å²) >= 11 is 6.18. The van der Waals surface area contributed by atoms with Gasteiger partial charge < -0.3 is 10.2 Å². The Balaban J connectivity index is 1.79. The molecule has 7 heteroatoms. The molecule has 2 aromatic carbocycles. The third-order valence-corrected chi connectivity index (χ3v) is 4.68. The van der Waals surface area contributed by atoms with E-state index in [2.05, 4.69) is 5.32 Å². The molecule has 0 aliphatic carbocycles. The van der Waals surface area contributed by atoms with Crippen molar-refractivity contribution in [2.75, 3.05) is 11.4 Å². The minimum atomic E-state index is -0.968. The normalized spacial score (nSPS) is 15.2. The molecule has 3 rings (SSSR count). The van der Waals surface area contributed by atoms with E-state index >= 15 is 0 Å². The lowest BCUT2D eigenvalue weighted by atomic mass is 10.1. The summed E-state index contributed by atoms with van der Waals surface area (Å²) < 4.78 is 26.4. The Morgan fingerprint density at radius 1 is 1.19 bits per heavy atom. The Bertz CT molecular complexity index is 873. The Morgan fingerprint density at radius 3 is 2.62 bits per heavy atom. The largest absolute Gasteiger partial charge is 0.346 e. The summed E-state index contributed by atoms with van der Waals surface area (Å²) in [5.74, 6) is -2.33. The molecule has 1 atom stereocenters. The van der Waals surface area contributed by atoms with Crippen LogP contribution in [0.1, 0.15) is 41.7 Å². The minimum Gasteiger partial charge on any atom is -0.346 e. The van der Waals surface area contributed by atoms with Crippen LogP contribution in [-0.4, -0.2) is 18.4 Å². The van der Waals surface area contributed by atoms with E-state index in [9.17, 15) is 18.4 Å². The molecule has 0 saturated carbocycles. The molecule has 1 aliphatic rings. The van der Waals surface area contributed by atoms with Gasteiger partial charge in [-0.3, -0.25) is 9.59 Å². The molecule has 1 fully saturated rings. The molecule has 0 radical (unpaired) electrons. The molecule has 0 spiro atoms. The number of rotatable bonds is 4. The van der Waals surface area contributed by atoms with Gasteiger partial charge in [-0.25, -0.2) is 8.78 Å². The van der Waals surface area contributed by atoms with Crippen molar-refractivity contribution in [2.24, 2.45) is 0 Å². The average Bonchev–Trinajstić information content (AvgIpc) is 3.03. The number of carbonyl (C=O) groups excluding carboxylic acids is 2. The van der Waals surface area contributed by atoms with Gasteiger partial charge in [0.05, 0.1) is 16.8 Å². The average molecular weight is 379 g/mol. The number of halogens is 3. The van der Waals surface area contributed by atoms with Crippen molar-refractivity contribution < 1.29 is 18.4 Å². The summed E-state index contributed by atoms with van der Waals surface area (Å²) in [4.78, 5) is 26.0. The van der Waals surface area contributed by atoms with Crippen molar-refractivity contribution in [1.29, 1.82) is 0 Å². The van der Waals surface area contributed by atoms with Gasteiger partial charge in [0.1, 0.15) is 0 Å². The molecule has 0 bridgehead atoms. The zero-order valence-electron chi connectivity index (χ0n) is 14.1. The van der Waals surface area contributed by atoms with Crippen LogP contribution in [0.2, 0.25) is 5.02 Å². The van der Waals surface area contributed by atoms with Gasteiger partial charge in [-0.15, -0.1) is 0 Å². The highest BCUT2D eigenvalue weighted by molar-refractivity contribution is 6.34. The van der Waals surface area contributed by atoms with Crippen molar-refractivity contribution in [1.82, 2.24) is 5.32 Å². The van der Waals surface area contributed by atoms with Crippen LogP contribution in [0.15, 0.2) is 36.4 Å². The molecule has 2 amide bonds. The molecule has 0 aromatic heterocycles. The van der Waals surface area contributed by atoms with Gasteiger partial charge in [0.25, 0.3) is 5.91 Å². The molecular formula is C19H17ClF2N2O2. The molecule has 1 unspecified atom stereocenters. The van der Waals surface area contributed by atoms with Crippen molar-refractivity contribution in [3.63, 3.8) is 0 Å². The number of anilines is 1. The minimum absolute atomic E-state index is 0.0281. The van der Waals surface area contributed by atoms with E-state index in [1.54, 1.807) is 30.0 Å². The van der Waals surface area contributed by atoms with Crippen LogP contribution in [0.4, 0.5) is 14.5 Å². The van der Waals surface area contributed by atoms with Gasteiger partial charge in [0, 0.05) is 18.5 Å². The fourth-order valence-corrected chi connectivity index (χ4v) is 3.13. The predicted octanol–water partition coefficient (Wildman–Crippen LogP) is 4.24. The topological polar surface area (TPSA) is 49.4 Å². The quantitative estimate of drug-likeness (QED) is 0.865. The number of hydrogen-bond acceptors (Lipinski definition) is 2. The van der Waals surface area contributed by atoms with E-state index in [1.165, 1.54) is 6.07 Å². The van der Waals surface area contributed by atoms with Crippen molar-refractivity contribution in [2.45, 2.75) is 25.8 Å². The third kappa shape index (κ3) is 3.70. The fourth-order valence-electron chi connectivity index (χ4n) is 2.91. The first-order valence-electron chi connectivity index (χ1n) is 8.22. The summed E-state index contributed by atoms with van der Waals surface area (Å²) in [5, 5.41) is 3.13. The monoisotopic (exact) mass is 378 g/mol. The maximum atomic E-state index is 13.4. The first-order valence-corrected chi connectivity index (χ1v) is 8.60. The second kappa shape index (κ2) is 7.41. The summed E-state index contributed by atoms with van der Waals surface area (Å²) in [5.41, 5.74) is 1.28. The van der Waals surface area contributed by atoms with Gasteiger partial charge >= 0.3 is 0 Å². The zero-order valence-corrected chi connectivity index (χ0v) is 14.8. The maximum Gasteiger partial charge on any atom is 0.251 e. The number of amides is 2. The highest BCUT2D eigenvalue weighted by Crippen LogP contribution is 2.30. The summed E-state index contributed by atoms with van der Waals surface area (Å²) in [6.45, 7) is 2.24. The lowest BCUT2D eigenvalue weighted by Crippen LogP contribution is -2.28. The van der Waals surface area contributed by atoms with Crippen LogP contribution in [0.25, 0.3) is 0 Å². The Labute approximate surface area is 154 Å². The van der Waals surface area contributed by atoms with Crippen molar-refractivity contribution in [3.05, 3.63) is 64.2 Å². The number of benzene rings is 2. The van der Waals surface area contributed by atoms with E-state index in [4.69, 9.17) is 11.6 Å². The molecule has 136 valence electrons. The van der Waals surface area contributed by atoms with Crippen molar-refractivity contribution in [3.8, 4) is 0 Å². The third-order valence-electron chi connectivity index (χ3n) is 4.36. The van der Waals surface area contributed by atoms with Crippen LogP contribution in [0.3, 0.4) is 0 Å².